The van der Waals surface area contributed by atoms with Crippen LogP contribution in [0.5, 0.6) is 0 Å². The number of amides is 1. The summed E-state index contributed by atoms with van der Waals surface area (Å²) in [6.45, 7) is 2.78. The van der Waals surface area contributed by atoms with Gasteiger partial charge in [-0.2, -0.15) is 0 Å². The number of ether oxygens (including phenoxy) is 1. The molecule has 1 amide bonds. The Morgan fingerprint density at radius 2 is 1.75 bits per heavy atom. The molecule has 2 N–H and O–H groups in total. The van der Waals surface area contributed by atoms with Gasteiger partial charge < -0.3 is 20.1 Å². The number of aromatic nitrogens is 3. The molecule has 0 bridgehead atoms. The van der Waals surface area contributed by atoms with E-state index >= 15 is 0 Å². The molecular formula is C24H35N5O3. The molecule has 2 saturated carbocycles. The Labute approximate surface area is 189 Å². The number of nitrogens with one attached hydrogen (secondary N) is 1. The smallest absolute Gasteiger partial charge is 0.240 e. The number of morpholine rings is 1. The fourth-order valence-corrected chi connectivity index (χ4v) is 5.84. The van der Waals surface area contributed by atoms with Crippen LogP contribution in [0, 0.1) is 5.92 Å². The molecule has 8 heteroatoms. The topological polar surface area (TPSA) is 92.0 Å². The van der Waals surface area contributed by atoms with Crippen LogP contribution < -0.4 is 5.32 Å². The molecule has 1 saturated heterocycles. The van der Waals surface area contributed by atoms with Gasteiger partial charge in [-0.1, -0.05) is 0 Å². The van der Waals surface area contributed by atoms with Crippen LogP contribution in [0.3, 0.4) is 0 Å². The van der Waals surface area contributed by atoms with Gasteiger partial charge in [0.2, 0.25) is 11.9 Å². The van der Waals surface area contributed by atoms with Gasteiger partial charge in [-0.25, -0.2) is 9.50 Å². The summed E-state index contributed by atoms with van der Waals surface area (Å²) >= 11 is 0. The van der Waals surface area contributed by atoms with Crippen LogP contribution in [0.4, 0.5) is 5.95 Å². The van der Waals surface area contributed by atoms with Crippen LogP contribution in [0.1, 0.15) is 74.5 Å². The van der Waals surface area contributed by atoms with Crippen molar-refractivity contribution in [3.8, 4) is 0 Å². The molecule has 32 heavy (non-hydrogen) atoms. The van der Waals surface area contributed by atoms with Crippen LogP contribution in [0.2, 0.25) is 0 Å². The maximum absolute atomic E-state index is 12.9. The van der Waals surface area contributed by atoms with Gasteiger partial charge in [0.25, 0.3) is 0 Å². The zero-order valence-electron chi connectivity index (χ0n) is 19.0. The lowest BCUT2D eigenvalue weighted by molar-refractivity contribution is -0.140. The van der Waals surface area contributed by atoms with Gasteiger partial charge >= 0.3 is 0 Å². The standard InChI is InChI=1S/C24H35N5O3/c1-25-24-26-15-22-20(14-21(29(22)27-24)17-6-8-19(30)9-7-17)16-2-4-18(5-3-16)23(31)28-10-12-32-13-11-28/h14-19,30H,2-13H2,1H3,(H,25,27)/t16-,17-,18+,19-. The normalized spacial score (nSPS) is 29.2. The third kappa shape index (κ3) is 4.22. The number of aliphatic hydroxyl groups excluding tert-OH is 1. The molecule has 5 rings (SSSR count). The number of anilines is 1. The van der Waals surface area contributed by atoms with E-state index in [-0.39, 0.29) is 12.0 Å². The van der Waals surface area contributed by atoms with Crippen molar-refractivity contribution in [2.75, 3.05) is 38.7 Å². The van der Waals surface area contributed by atoms with Crippen molar-refractivity contribution < 1.29 is 14.6 Å². The number of carbonyl (C=O) groups is 1. The molecule has 3 fully saturated rings. The number of hydrogen-bond acceptors (Lipinski definition) is 6. The molecule has 2 aromatic heterocycles. The Morgan fingerprint density at radius 1 is 1.06 bits per heavy atom. The lowest BCUT2D eigenvalue weighted by Gasteiger charge is -2.34. The molecule has 174 valence electrons. The second-order valence-electron chi connectivity index (χ2n) is 9.65. The molecule has 0 spiro atoms. The fourth-order valence-electron chi connectivity index (χ4n) is 5.84. The van der Waals surface area contributed by atoms with Gasteiger partial charge in [-0.3, -0.25) is 4.79 Å². The van der Waals surface area contributed by atoms with E-state index in [0.717, 1.165) is 70.0 Å². The van der Waals surface area contributed by atoms with Crippen LogP contribution in [-0.2, 0) is 9.53 Å². The van der Waals surface area contributed by atoms with Crippen LogP contribution in [0.15, 0.2) is 12.3 Å². The molecule has 3 heterocycles. The molecule has 1 aliphatic heterocycles. The van der Waals surface area contributed by atoms with E-state index < -0.39 is 0 Å². The summed E-state index contributed by atoms with van der Waals surface area (Å²) in [5, 5.41) is 17.8. The van der Waals surface area contributed by atoms with Crippen molar-refractivity contribution in [1.82, 2.24) is 19.5 Å². The first-order valence-corrected chi connectivity index (χ1v) is 12.2. The van der Waals surface area contributed by atoms with Crippen molar-refractivity contribution in [2.24, 2.45) is 5.92 Å². The second-order valence-corrected chi connectivity index (χ2v) is 9.65. The average Bonchev–Trinajstić information content (AvgIpc) is 3.23. The largest absolute Gasteiger partial charge is 0.393 e. The van der Waals surface area contributed by atoms with Crippen LogP contribution in [0.25, 0.3) is 5.52 Å². The molecule has 0 unspecified atom stereocenters. The fraction of sp³-hybridized carbons (Fsp3) is 0.708. The number of carbonyl (C=O) groups excluding carboxylic acids is 1. The van der Waals surface area contributed by atoms with Crippen molar-refractivity contribution >= 4 is 17.4 Å². The van der Waals surface area contributed by atoms with Gasteiger partial charge in [0.15, 0.2) is 0 Å². The number of rotatable bonds is 4. The quantitative estimate of drug-likeness (QED) is 0.758. The highest BCUT2D eigenvalue weighted by molar-refractivity contribution is 5.79. The number of aliphatic hydroxyl groups is 1. The van der Waals surface area contributed by atoms with E-state index in [4.69, 9.17) is 9.84 Å². The summed E-state index contributed by atoms with van der Waals surface area (Å²) in [5.41, 5.74) is 3.66. The van der Waals surface area contributed by atoms with Gasteiger partial charge in [-0.05, 0) is 68.9 Å². The van der Waals surface area contributed by atoms with E-state index in [1.54, 1.807) is 0 Å². The van der Waals surface area contributed by atoms with E-state index in [2.05, 4.69) is 20.9 Å². The summed E-state index contributed by atoms with van der Waals surface area (Å²) in [6, 6.07) is 2.35. The predicted octanol–water partition coefficient (Wildman–Crippen LogP) is 2.92. The first kappa shape index (κ1) is 21.6. The highest BCUT2D eigenvalue weighted by atomic mass is 16.5. The molecule has 0 radical (unpaired) electrons. The van der Waals surface area contributed by atoms with E-state index in [9.17, 15) is 9.90 Å². The Hall–Kier alpha value is -2.19. The van der Waals surface area contributed by atoms with Crippen LogP contribution in [-0.4, -0.2) is 70.0 Å². The molecule has 8 nitrogen and oxygen atoms in total. The van der Waals surface area contributed by atoms with Crippen molar-refractivity contribution in [3.63, 3.8) is 0 Å². The highest BCUT2D eigenvalue weighted by Crippen LogP contribution is 2.42. The third-order valence-corrected chi connectivity index (χ3v) is 7.75. The molecule has 3 aliphatic rings. The molecule has 2 aliphatic carbocycles. The lowest BCUT2D eigenvalue weighted by Crippen LogP contribution is -2.44. The Balaban J connectivity index is 1.35. The summed E-state index contributed by atoms with van der Waals surface area (Å²) in [7, 11) is 1.84. The molecule has 0 aromatic carbocycles. The maximum Gasteiger partial charge on any atom is 0.240 e. The second kappa shape index (κ2) is 9.35. The number of hydrogen-bond donors (Lipinski definition) is 2. The first-order valence-electron chi connectivity index (χ1n) is 12.2. The maximum atomic E-state index is 12.9. The van der Waals surface area contributed by atoms with Crippen molar-refractivity contribution in [3.05, 3.63) is 23.5 Å². The summed E-state index contributed by atoms with van der Waals surface area (Å²) in [4.78, 5) is 19.4. The lowest BCUT2D eigenvalue weighted by atomic mass is 9.78. The first-order chi connectivity index (χ1) is 15.6. The molecule has 2 aromatic rings. The Bertz CT molecular complexity index is 939. The number of fused-ring (bicyclic) bond motifs is 1. The molecular weight excluding hydrogens is 406 g/mol. The Kier molecular flexibility index (Phi) is 6.33. The van der Waals surface area contributed by atoms with Gasteiger partial charge in [0, 0.05) is 37.7 Å². The third-order valence-electron chi connectivity index (χ3n) is 7.75. The minimum atomic E-state index is -0.168. The summed E-state index contributed by atoms with van der Waals surface area (Å²) in [5.74, 6) is 1.93. The zero-order valence-corrected chi connectivity index (χ0v) is 19.0. The predicted molar refractivity (Wildman–Crippen MR) is 122 cm³/mol. The van der Waals surface area contributed by atoms with Gasteiger partial charge in [0.1, 0.15) is 0 Å². The minimum Gasteiger partial charge on any atom is -0.393 e. The number of nitrogens with zero attached hydrogens (tertiary/aromatic N) is 4. The average molecular weight is 442 g/mol. The SMILES string of the molecule is CNc1ncc2c([C@H]3CC[C@@H](C(=O)N4CCOCC4)CC3)cc([C@H]3CC[C@H](O)CC3)n2n1. The highest BCUT2D eigenvalue weighted by Gasteiger charge is 2.33. The van der Waals surface area contributed by atoms with Crippen LogP contribution >= 0.6 is 0 Å². The minimum absolute atomic E-state index is 0.143. The Morgan fingerprint density at radius 3 is 2.44 bits per heavy atom. The zero-order chi connectivity index (χ0) is 22.1. The molecule has 0 atom stereocenters. The van der Waals surface area contributed by atoms with E-state index in [1.165, 1.54) is 11.3 Å². The van der Waals surface area contributed by atoms with Crippen molar-refractivity contribution in [2.45, 2.75) is 69.3 Å². The van der Waals surface area contributed by atoms with Gasteiger partial charge in [-0.15, -0.1) is 5.10 Å². The van der Waals surface area contributed by atoms with E-state index in [0.29, 0.717) is 36.9 Å². The van der Waals surface area contributed by atoms with Crippen molar-refractivity contribution in [1.29, 1.82) is 0 Å². The summed E-state index contributed by atoms with van der Waals surface area (Å²) < 4.78 is 7.49. The monoisotopic (exact) mass is 441 g/mol. The van der Waals surface area contributed by atoms with Gasteiger partial charge in [0.05, 0.1) is 31.0 Å². The summed E-state index contributed by atoms with van der Waals surface area (Å²) in [6.07, 6.45) is 9.40. The van der Waals surface area contributed by atoms with E-state index in [1.807, 2.05) is 18.1 Å².